The van der Waals surface area contributed by atoms with Crippen molar-refractivity contribution < 1.29 is 4.79 Å². The van der Waals surface area contributed by atoms with Gasteiger partial charge in [-0.25, -0.2) is 0 Å². The molecule has 0 spiro atoms. The van der Waals surface area contributed by atoms with E-state index in [1.807, 2.05) is 19.0 Å². The van der Waals surface area contributed by atoms with Gasteiger partial charge in [0.2, 0.25) is 5.78 Å². The number of hydrogen-bond acceptors (Lipinski definition) is 5. The van der Waals surface area contributed by atoms with Crippen LogP contribution in [-0.2, 0) is 6.54 Å². The Morgan fingerprint density at radius 3 is 2.79 bits per heavy atom. The van der Waals surface area contributed by atoms with Crippen LogP contribution in [-0.4, -0.2) is 51.3 Å². The van der Waals surface area contributed by atoms with Crippen LogP contribution < -0.4 is 0 Å². The first-order valence-electron chi connectivity index (χ1n) is 5.77. The predicted molar refractivity (Wildman–Crippen MR) is 71.3 cm³/mol. The summed E-state index contributed by atoms with van der Waals surface area (Å²) in [5, 5.41) is 11.8. The minimum absolute atomic E-state index is 0.198. The minimum Gasteiger partial charge on any atom is -0.308 e. The lowest BCUT2D eigenvalue weighted by Crippen LogP contribution is -2.21. The average molecular weight is 280 g/mol. The van der Waals surface area contributed by atoms with Crippen LogP contribution in [0.1, 0.15) is 16.1 Å². The molecule has 0 bridgehead atoms. The number of nitrogens with zero attached hydrogens (tertiary/aromatic N) is 5. The number of rotatable bonds is 5. The smallest absolute Gasteiger partial charge is 0.214 e. The van der Waals surface area contributed by atoms with Crippen molar-refractivity contribution in [2.45, 2.75) is 6.54 Å². The predicted octanol–water partition coefficient (Wildman–Crippen LogP) is 1.12. The van der Waals surface area contributed by atoms with E-state index in [1.165, 1.54) is 18.6 Å². The van der Waals surface area contributed by atoms with Gasteiger partial charge in [0.15, 0.2) is 0 Å². The summed E-state index contributed by atoms with van der Waals surface area (Å²) in [7, 11) is 3.92. The molecule has 0 N–H and O–H groups in total. The van der Waals surface area contributed by atoms with Crippen molar-refractivity contribution in [1.82, 2.24) is 24.9 Å². The van der Waals surface area contributed by atoms with Crippen LogP contribution in [0.4, 0.5) is 0 Å². The first-order chi connectivity index (χ1) is 9.09. The number of likely N-dealkylation sites (N-methyl/N-ethyl adjacent to an activating group) is 1. The second-order valence-electron chi connectivity index (χ2n) is 4.33. The van der Waals surface area contributed by atoms with Crippen LogP contribution in [0.5, 0.6) is 0 Å². The number of hydrogen-bond donors (Lipinski definition) is 0. The lowest BCUT2D eigenvalue weighted by molar-refractivity contribution is 0.102. The fraction of sp³-hybridized carbons (Fsp3) is 0.333. The average Bonchev–Trinajstić information content (AvgIpc) is 2.78. The molecular weight excluding hydrogens is 266 g/mol. The number of ketones is 1. The summed E-state index contributed by atoms with van der Waals surface area (Å²) in [5.41, 5.74) is 0.833. The van der Waals surface area contributed by atoms with Crippen LogP contribution in [0.25, 0.3) is 0 Å². The maximum absolute atomic E-state index is 12.4. The first kappa shape index (κ1) is 13.6. The summed E-state index contributed by atoms with van der Waals surface area (Å²) in [6.07, 6.45) is 4.38. The van der Waals surface area contributed by atoms with E-state index in [-0.39, 0.29) is 5.78 Å². The topological polar surface area (TPSA) is 63.9 Å². The molecule has 0 amide bonds. The van der Waals surface area contributed by atoms with Gasteiger partial charge in [-0.05, 0) is 20.2 Å². The molecule has 0 unspecified atom stereocenters. The van der Waals surface area contributed by atoms with Gasteiger partial charge in [0.25, 0.3) is 0 Å². The summed E-state index contributed by atoms with van der Waals surface area (Å²) in [5.74, 6) is -0.198. The zero-order valence-electron chi connectivity index (χ0n) is 10.7. The Balaban J connectivity index is 2.29. The van der Waals surface area contributed by atoms with Gasteiger partial charge in [-0.1, -0.05) is 11.6 Å². The van der Waals surface area contributed by atoms with Crippen molar-refractivity contribution in [1.29, 1.82) is 0 Å². The summed E-state index contributed by atoms with van der Waals surface area (Å²) in [6, 6.07) is 1.61. The van der Waals surface area contributed by atoms with Gasteiger partial charge in [-0.15, -0.1) is 0 Å². The molecular formula is C12H14ClN5O. The van der Waals surface area contributed by atoms with Crippen molar-refractivity contribution in [2.75, 3.05) is 20.6 Å². The van der Waals surface area contributed by atoms with E-state index < -0.39 is 0 Å². The zero-order valence-corrected chi connectivity index (χ0v) is 11.5. The van der Waals surface area contributed by atoms with E-state index in [1.54, 1.807) is 10.7 Å². The van der Waals surface area contributed by atoms with Gasteiger partial charge < -0.3 is 4.90 Å². The normalized spacial score (nSPS) is 10.9. The third-order valence-corrected chi connectivity index (χ3v) is 2.89. The van der Waals surface area contributed by atoms with Crippen molar-refractivity contribution in [3.63, 3.8) is 0 Å². The molecule has 0 aliphatic heterocycles. The van der Waals surface area contributed by atoms with Gasteiger partial charge in [0.05, 0.1) is 30.2 Å². The Morgan fingerprint density at radius 2 is 2.16 bits per heavy atom. The van der Waals surface area contributed by atoms with E-state index in [0.717, 1.165) is 6.54 Å². The largest absolute Gasteiger partial charge is 0.308 e. The third-order valence-electron chi connectivity index (χ3n) is 2.62. The third kappa shape index (κ3) is 3.15. The van der Waals surface area contributed by atoms with Gasteiger partial charge in [0, 0.05) is 12.1 Å². The molecule has 0 aliphatic carbocycles. The second-order valence-corrected chi connectivity index (χ2v) is 4.73. The van der Waals surface area contributed by atoms with Gasteiger partial charge >= 0.3 is 0 Å². The lowest BCUT2D eigenvalue weighted by Gasteiger charge is -2.11. The summed E-state index contributed by atoms with van der Waals surface area (Å²) in [6.45, 7) is 1.37. The Kier molecular flexibility index (Phi) is 4.24. The first-order valence-corrected chi connectivity index (χ1v) is 6.15. The molecule has 0 radical (unpaired) electrons. The molecule has 7 heteroatoms. The molecule has 2 rings (SSSR count). The molecule has 2 aromatic rings. The Labute approximate surface area is 116 Å². The SMILES string of the molecule is CN(C)CCn1ncc(Cl)c1C(=O)c1ccnnc1. The van der Waals surface area contributed by atoms with E-state index >= 15 is 0 Å². The van der Waals surface area contributed by atoms with Crippen LogP contribution in [0.3, 0.4) is 0 Å². The van der Waals surface area contributed by atoms with Crippen molar-refractivity contribution in [3.05, 3.63) is 40.9 Å². The Hall–Kier alpha value is -1.79. The van der Waals surface area contributed by atoms with Crippen molar-refractivity contribution >= 4 is 17.4 Å². The highest BCUT2D eigenvalue weighted by molar-refractivity contribution is 6.34. The standard InChI is InChI=1S/C12H14ClN5O/c1-17(2)5-6-18-11(10(13)8-16-18)12(19)9-3-4-14-15-7-9/h3-4,7-8H,5-6H2,1-2H3. The molecule has 0 fully saturated rings. The van der Waals surface area contributed by atoms with Crippen molar-refractivity contribution in [3.8, 4) is 0 Å². The fourth-order valence-electron chi connectivity index (χ4n) is 1.61. The molecule has 0 saturated heterocycles. The molecule has 100 valence electrons. The van der Waals surface area contributed by atoms with Crippen LogP contribution in [0, 0.1) is 0 Å². The summed E-state index contributed by atoms with van der Waals surface area (Å²) >= 11 is 6.05. The summed E-state index contributed by atoms with van der Waals surface area (Å²) < 4.78 is 1.62. The molecule has 0 aliphatic rings. The number of carbonyl (C=O) groups is 1. The molecule has 0 atom stereocenters. The minimum atomic E-state index is -0.198. The lowest BCUT2D eigenvalue weighted by atomic mass is 10.1. The molecule has 2 aromatic heterocycles. The van der Waals surface area contributed by atoms with E-state index in [4.69, 9.17) is 11.6 Å². The molecule has 19 heavy (non-hydrogen) atoms. The maximum atomic E-state index is 12.4. The number of carbonyl (C=O) groups excluding carboxylic acids is 1. The zero-order chi connectivity index (χ0) is 13.8. The molecule has 2 heterocycles. The Bertz CT molecular complexity index is 567. The van der Waals surface area contributed by atoms with Gasteiger partial charge in [-0.2, -0.15) is 15.3 Å². The van der Waals surface area contributed by atoms with Crippen LogP contribution >= 0.6 is 11.6 Å². The van der Waals surface area contributed by atoms with Crippen LogP contribution in [0.15, 0.2) is 24.7 Å². The van der Waals surface area contributed by atoms with E-state index in [0.29, 0.717) is 22.8 Å². The molecule has 0 aromatic carbocycles. The van der Waals surface area contributed by atoms with E-state index in [9.17, 15) is 4.79 Å². The Morgan fingerprint density at radius 1 is 1.37 bits per heavy atom. The quantitative estimate of drug-likeness (QED) is 0.768. The van der Waals surface area contributed by atoms with Crippen molar-refractivity contribution in [2.24, 2.45) is 0 Å². The van der Waals surface area contributed by atoms with E-state index in [2.05, 4.69) is 15.3 Å². The van der Waals surface area contributed by atoms with Gasteiger partial charge in [-0.3, -0.25) is 9.48 Å². The maximum Gasteiger partial charge on any atom is 0.214 e. The fourth-order valence-corrected chi connectivity index (χ4v) is 1.84. The van der Waals surface area contributed by atoms with Gasteiger partial charge in [0.1, 0.15) is 5.69 Å². The highest BCUT2D eigenvalue weighted by Crippen LogP contribution is 2.18. The highest BCUT2D eigenvalue weighted by atomic mass is 35.5. The highest BCUT2D eigenvalue weighted by Gasteiger charge is 2.19. The number of aromatic nitrogens is 4. The molecule has 6 nitrogen and oxygen atoms in total. The number of halogens is 1. The monoisotopic (exact) mass is 279 g/mol. The molecule has 0 saturated carbocycles. The van der Waals surface area contributed by atoms with Crippen LogP contribution in [0.2, 0.25) is 5.02 Å². The second kappa shape index (κ2) is 5.90. The summed E-state index contributed by atoms with van der Waals surface area (Å²) in [4.78, 5) is 14.4.